The number of amides is 1. The molecular weight excluding hydrogens is 324 g/mol. The Labute approximate surface area is 125 Å². The lowest BCUT2D eigenvalue weighted by Gasteiger charge is -2.11. The number of carbonyl (C=O) groups is 1. The van der Waals surface area contributed by atoms with Crippen LogP contribution in [0.1, 0.15) is 0 Å². The monoisotopic (exact) mass is 332 g/mol. The molecule has 106 valence electrons. The number of rotatable bonds is 4. The molecule has 1 aromatic rings. The van der Waals surface area contributed by atoms with Crippen LogP contribution >= 0.6 is 23.8 Å². The highest BCUT2D eigenvalue weighted by Gasteiger charge is 2.20. The van der Waals surface area contributed by atoms with Crippen LogP contribution in [0.25, 0.3) is 0 Å². The van der Waals surface area contributed by atoms with Gasteiger partial charge in [-0.2, -0.15) is 5.26 Å². The zero-order valence-corrected chi connectivity index (χ0v) is 12.2. The highest BCUT2D eigenvalue weighted by atomic mass is 35.5. The summed E-state index contributed by atoms with van der Waals surface area (Å²) >= 11 is 10.6. The summed E-state index contributed by atoms with van der Waals surface area (Å²) in [5.41, 5.74) is 5.17. The van der Waals surface area contributed by atoms with E-state index in [0.717, 1.165) is 6.07 Å². The standard InChI is InChI=1S/C10H9ClN4O3S2/c11-5-1-6(3-7(2-5)20(14,17)18)15-10(19)8(4-12)9(13)16/h1-3,8H,(H2,13,16)(H,15,19)(H2,14,17,18). The van der Waals surface area contributed by atoms with Crippen molar-refractivity contribution in [2.75, 3.05) is 5.32 Å². The zero-order chi connectivity index (χ0) is 15.5. The number of primary amides is 1. The summed E-state index contributed by atoms with van der Waals surface area (Å²) in [6.07, 6.45) is 0. The highest BCUT2D eigenvalue weighted by molar-refractivity contribution is 7.89. The van der Waals surface area contributed by atoms with Crippen molar-refractivity contribution in [1.29, 1.82) is 5.26 Å². The zero-order valence-electron chi connectivity index (χ0n) is 9.83. The second-order valence-electron chi connectivity index (χ2n) is 3.67. The molecule has 1 aromatic carbocycles. The van der Waals surface area contributed by atoms with Gasteiger partial charge in [0.25, 0.3) is 0 Å². The second kappa shape index (κ2) is 6.15. The first-order valence-electron chi connectivity index (χ1n) is 4.98. The Balaban J connectivity index is 3.11. The SMILES string of the molecule is N#CC(C(N)=O)C(=S)Nc1cc(Cl)cc(S(N)(=O)=O)c1. The molecule has 0 saturated heterocycles. The van der Waals surface area contributed by atoms with Gasteiger partial charge in [-0.3, -0.25) is 4.79 Å². The lowest BCUT2D eigenvalue weighted by atomic mass is 10.1. The second-order valence-corrected chi connectivity index (χ2v) is 6.11. The molecule has 0 aliphatic heterocycles. The van der Waals surface area contributed by atoms with E-state index in [1.54, 1.807) is 6.07 Å². The molecule has 1 atom stereocenters. The maximum Gasteiger partial charge on any atom is 0.241 e. The summed E-state index contributed by atoms with van der Waals surface area (Å²) < 4.78 is 22.5. The normalized spacial score (nSPS) is 12.2. The number of benzene rings is 1. The maximum atomic E-state index is 11.3. The number of primary sulfonamides is 1. The smallest absolute Gasteiger partial charge is 0.241 e. The van der Waals surface area contributed by atoms with Gasteiger partial charge in [0, 0.05) is 10.7 Å². The van der Waals surface area contributed by atoms with Crippen molar-refractivity contribution in [1.82, 2.24) is 0 Å². The Morgan fingerprint density at radius 3 is 2.50 bits per heavy atom. The van der Waals surface area contributed by atoms with Gasteiger partial charge in [0.2, 0.25) is 15.9 Å². The summed E-state index contributed by atoms with van der Waals surface area (Å²) in [5, 5.41) is 16.4. The van der Waals surface area contributed by atoms with Crippen LogP contribution in [0.15, 0.2) is 23.1 Å². The third-order valence-corrected chi connectivity index (χ3v) is 3.59. The van der Waals surface area contributed by atoms with E-state index in [2.05, 4.69) is 5.32 Å². The van der Waals surface area contributed by atoms with E-state index in [1.165, 1.54) is 12.1 Å². The summed E-state index contributed by atoms with van der Waals surface area (Å²) in [6.45, 7) is 0. The molecule has 20 heavy (non-hydrogen) atoms. The molecule has 0 fully saturated rings. The van der Waals surface area contributed by atoms with Crippen LogP contribution in [0.4, 0.5) is 5.69 Å². The molecule has 10 heteroatoms. The van der Waals surface area contributed by atoms with E-state index in [-0.39, 0.29) is 20.6 Å². The first kappa shape index (κ1) is 16.3. The Hall–Kier alpha value is -1.73. The van der Waals surface area contributed by atoms with Crippen LogP contribution in [0.3, 0.4) is 0 Å². The number of nitrogens with two attached hydrogens (primary N) is 2. The van der Waals surface area contributed by atoms with E-state index in [0.29, 0.717) is 0 Å². The molecule has 7 nitrogen and oxygen atoms in total. The predicted molar refractivity (Wildman–Crippen MR) is 77.3 cm³/mol. The molecule has 1 amide bonds. The van der Waals surface area contributed by atoms with Gasteiger partial charge in [0.05, 0.1) is 11.0 Å². The van der Waals surface area contributed by atoms with Gasteiger partial charge >= 0.3 is 0 Å². The summed E-state index contributed by atoms with van der Waals surface area (Å²) in [4.78, 5) is 10.6. The first-order chi connectivity index (χ1) is 9.15. The molecule has 0 heterocycles. The van der Waals surface area contributed by atoms with Crippen molar-refractivity contribution < 1.29 is 13.2 Å². The number of nitriles is 1. The van der Waals surface area contributed by atoms with Crippen molar-refractivity contribution in [2.45, 2.75) is 4.90 Å². The minimum absolute atomic E-state index is 0.0920. The van der Waals surface area contributed by atoms with E-state index in [4.69, 9.17) is 40.0 Å². The quantitative estimate of drug-likeness (QED) is 0.680. The predicted octanol–water partition coefficient (Wildman–Crippen LogP) is 0.352. The Bertz CT molecular complexity index is 712. The molecule has 0 aromatic heterocycles. The third kappa shape index (κ3) is 4.14. The van der Waals surface area contributed by atoms with Gasteiger partial charge in [-0.25, -0.2) is 13.6 Å². The summed E-state index contributed by atoms with van der Waals surface area (Å²) in [6, 6.07) is 5.31. The van der Waals surface area contributed by atoms with Gasteiger partial charge in [-0.05, 0) is 18.2 Å². The number of nitrogens with one attached hydrogen (secondary N) is 1. The molecule has 0 bridgehead atoms. The number of thiocarbonyl (C=S) groups is 1. The Morgan fingerprint density at radius 1 is 1.45 bits per heavy atom. The number of sulfonamides is 1. The van der Waals surface area contributed by atoms with Crippen molar-refractivity contribution in [3.63, 3.8) is 0 Å². The van der Waals surface area contributed by atoms with Crippen molar-refractivity contribution in [3.05, 3.63) is 23.2 Å². The fourth-order valence-corrected chi connectivity index (χ4v) is 2.43. The Morgan fingerprint density at radius 2 is 2.05 bits per heavy atom. The maximum absolute atomic E-state index is 11.3. The topological polar surface area (TPSA) is 139 Å². The van der Waals surface area contributed by atoms with Gasteiger partial charge in [-0.1, -0.05) is 23.8 Å². The molecule has 1 rings (SSSR count). The van der Waals surface area contributed by atoms with E-state index in [9.17, 15) is 13.2 Å². The Kier molecular flexibility index (Phi) is 5.02. The number of halogens is 1. The van der Waals surface area contributed by atoms with Crippen LogP contribution in [0.5, 0.6) is 0 Å². The minimum Gasteiger partial charge on any atom is -0.368 e. The largest absolute Gasteiger partial charge is 0.368 e. The molecule has 0 spiro atoms. The third-order valence-electron chi connectivity index (χ3n) is 2.14. The lowest BCUT2D eigenvalue weighted by Crippen LogP contribution is -2.32. The van der Waals surface area contributed by atoms with Crippen LogP contribution in [0.2, 0.25) is 5.02 Å². The number of hydrogen-bond donors (Lipinski definition) is 3. The summed E-state index contributed by atoms with van der Waals surface area (Å²) in [5.74, 6) is -2.25. The van der Waals surface area contributed by atoms with Crippen LogP contribution < -0.4 is 16.2 Å². The number of carbonyl (C=O) groups excluding carboxylic acids is 1. The summed E-state index contributed by atoms with van der Waals surface area (Å²) in [7, 11) is -3.95. The fraction of sp³-hybridized carbons (Fsp3) is 0.100. The van der Waals surface area contributed by atoms with Gasteiger partial charge in [0.15, 0.2) is 5.92 Å². The van der Waals surface area contributed by atoms with Gasteiger partial charge in [-0.15, -0.1) is 0 Å². The van der Waals surface area contributed by atoms with Crippen molar-refractivity contribution in [3.8, 4) is 6.07 Å². The van der Waals surface area contributed by atoms with Crippen LogP contribution in [0, 0.1) is 17.2 Å². The van der Waals surface area contributed by atoms with E-state index < -0.39 is 21.8 Å². The molecule has 5 N–H and O–H groups in total. The molecular formula is C10H9ClN4O3S2. The van der Waals surface area contributed by atoms with E-state index in [1.807, 2.05) is 0 Å². The first-order valence-corrected chi connectivity index (χ1v) is 7.31. The van der Waals surface area contributed by atoms with Crippen molar-refractivity contribution in [2.24, 2.45) is 16.8 Å². The van der Waals surface area contributed by atoms with Crippen molar-refractivity contribution >= 4 is 50.4 Å². The highest BCUT2D eigenvalue weighted by Crippen LogP contribution is 2.22. The van der Waals surface area contributed by atoms with Gasteiger partial charge < -0.3 is 11.1 Å². The molecule has 0 radical (unpaired) electrons. The van der Waals surface area contributed by atoms with E-state index >= 15 is 0 Å². The molecule has 1 unspecified atom stereocenters. The van der Waals surface area contributed by atoms with Crippen LogP contribution in [-0.2, 0) is 14.8 Å². The average molecular weight is 333 g/mol. The van der Waals surface area contributed by atoms with Crippen LogP contribution in [-0.4, -0.2) is 19.3 Å². The molecule has 0 saturated carbocycles. The number of nitrogens with zero attached hydrogens (tertiary/aromatic N) is 1. The minimum atomic E-state index is -3.95. The number of hydrogen-bond acceptors (Lipinski definition) is 5. The average Bonchev–Trinajstić information content (AvgIpc) is 2.26. The molecule has 0 aliphatic rings. The van der Waals surface area contributed by atoms with Gasteiger partial charge in [0.1, 0.15) is 4.99 Å². The number of anilines is 1. The molecule has 0 aliphatic carbocycles. The fourth-order valence-electron chi connectivity index (χ4n) is 1.27. The lowest BCUT2D eigenvalue weighted by molar-refractivity contribution is -0.118.